The van der Waals surface area contributed by atoms with Crippen molar-refractivity contribution < 1.29 is 0 Å². The van der Waals surface area contributed by atoms with Crippen LogP contribution in [0.4, 0.5) is 0 Å². The average Bonchev–Trinajstić information content (AvgIpc) is 1.96. The van der Waals surface area contributed by atoms with E-state index < -0.39 is 0 Å². The van der Waals surface area contributed by atoms with Gasteiger partial charge in [-0.3, -0.25) is 0 Å². The molecule has 1 aromatic heterocycles. The molecule has 0 fully saturated rings. The summed E-state index contributed by atoms with van der Waals surface area (Å²) in [6.07, 6.45) is 2.56. The van der Waals surface area contributed by atoms with Gasteiger partial charge in [-0.2, -0.15) is 0 Å². The predicted octanol–water partition coefficient (Wildman–Crippen LogP) is 0.293. The molecule has 0 radical (unpaired) electrons. The van der Waals surface area contributed by atoms with Crippen LogP contribution in [0.5, 0.6) is 0 Å². The van der Waals surface area contributed by atoms with Gasteiger partial charge in [0.05, 0.1) is 0 Å². The van der Waals surface area contributed by atoms with Crippen molar-refractivity contribution >= 4 is 0 Å². The molecular formula is C4H8N4. The zero-order valence-corrected chi connectivity index (χ0v) is 4.94. The summed E-state index contributed by atoms with van der Waals surface area (Å²) < 4.78 is 0. The summed E-state index contributed by atoms with van der Waals surface area (Å²) in [5.41, 5.74) is 0. The smallest absolute Gasteiger partial charge is 0.135 e. The molecule has 0 spiro atoms. The van der Waals surface area contributed by atoms with E-state index in [1.807, 2.05) is 13.8 Å². The quantitative estimate of drug-likeness (QED) is 0.484. The fraction of sp³-hybridized carbons (Fsp3) is 0.500. The molecule has 0 saturated carbocycles. The zero-order valence-electron chi connectivity index (χ0n) is 4.94. The minimum absolute atomic E-state index is 1.28. The van der Waals surface area contributed by atoms with E-state index in [1.54, 1.807) is 0 Å². The summed E-state index contributed by atoms with van der Waals surface area (Å²) in [5, 5.41) is 13.4. The highest BCUT2D eigenvalue weighted by Gasteiger charge is 1.61. The van der Waals surface area contributed by atoms with Crippen LogP contribution in [0.2, 0.25) is 0 Å². The third-order valence-electron chi connectivity index (χ3n) is 0.340. The van der Waals surface area contributed by atoms with Crippen LogP contribution in [0.25, 0.3) is 0 Å². The number of aromatic nitrogens is 4. The first-order valence-electron chi connectivity index (χ1n) is 2.43. The third-order valence-corrected chi connectivity index (χ3v) is 0.340. The van der Waals surface area contributed by atoms with Crippen LogP contribution in [0.1, 0.15) is 13.8 Å². The molecule has 0 saturated heterocycles. The van der Waals surface area contributed by atoms with Gasteiger partial charge in [0.2, 0.25) is 0 Å². The highest BCUT2D eigenvalue weighted by molar-refractivity contribution is 4.35. The Labute approximate surface area is 48.0 Å². The van der Waals surface area contributed by atoms with Gasteiger partial charge in [0.25, 0.3) is 0 Å². The lowest BCUT2D eigenvalue weighted by Crippen LogP contribution is -1.81. The van der Waals surface area contributed by atoms with E-state index in [-0.39, 0.29) is 0 Å². The molecular weight excluding hydrogens is 104 g/mol. The highest BCUT2D eigenvalue weighted by atomic mass is 15.2. The fourth-order valence-electron chi connectivity index (χ4n) is 0.165. The van der Waals surface area contributed by atoms with Gasteiger partial charge < -0.3 is 0 Å². The molecule has 1 heterocycles. The van der Waals surface area contributed by atoms with E-state index in [2.05, 4.69) is 20.4 Å². The lowest BCUT2D eigenvalue weighted by atomic mass is 11.0. The predicted molar refractivity (Wildman–Crippen MR) is 29.0 cm³/mol. The molecule has 0 bridgehead atoms. The minimum Gasteiger partial charge on any atom is -0.135 e. The third kappa shape index (κ3) is 3.14. The first-order chi connectivity index (χ1) is 4.00. The van der Waals surface area contributed by atoms with E-state index in [0.717, 1.165) is 0 Å². The molecule has 0 unspecified atom stereocenters. The highest BCUT2D eigenvalue weighted by Crippen LogP contribution is 1.50. The molecule has 0 amide bonds. The first kappa shape index (κ1) is 6.94. The van der Waals surface area contributed by atoms with Gasteiger partial charge in [0.15, 0.2) is 12.7 Å². The summed E-state index contributed by atoms with van der Waals surface area (Å²) in [5.74, 6) is 0. The number of rotatable bonds is 0. The molecule has 0 aliphatic heterocycles. The Morgan fingerprint density at radius 2 is 1.00 bits per heavy atom. The Hall–Kier alpha value is -1.06. The van der Waals surface area contributed by atoms with Crippen molar-refractivity contribution in [3.63, 3.8) is 0 Å². The molecule has 8 heavy (non-hydrogen) atoms. The largest absolute Gasteiger partial charge is 0.160 e. The lowest BCUT2D eigenvalue weighted by molar-refractivity contribution is 0.853. The maximum Gasteiger partial charge on any atom is 0.160 e. The van der Waals surface area contributed by atoms with E-state index in [4.69, 9.17) is 0 Å². The molecule has 1 rings (SSSR count). The topological polar surface area (TPSA) is 51.6 Å². The molecule has 0 aliphatic rings. The van der Waals surface area contributed by atoms with Gasteiger partial charge in [-0.15, -0.1) is 20.4 Å². The molecule has 1 aromatic rings. The number of hydrogen-bond acceptors (Lipinski definition) is 4. The van der Waals surface area contributed by atoms with Crippen LogP contribution in [0, 0.1) is 0 Å². The van der Waals surface area contributed by atoms with Gasteiger partial charge >= 0.3 is 0 Å². The Kier molecular flexibility index (Phi) is 5.15. The van der Waals surface area contributed by atoms with E-state index in [1.165, 1.54) is 12.7 Å². The van der Waals surface area contributed by atoms with Crippen molar-refractivity contribution in [2.24, 2.45) is 0 Å². The maximum absolute atomic E-state index is 3.36. The van der Waals surface area contributed by atoms with E-state index >= 15 is 0 Å². The van der Waals surface area contributed by atoms with Crippen molar-refractivity contribution in [2.45, 2.75) is 13.8 Å². The van der Waals surface area contributed by atoms with Crippen LogP contribution in [-0.4, -0.2) is 20.4 Å². The van der Waals surface area contributed by atoms with Gasteiger partial charge in [-0.05, 0) is 0 Å². The first-order valence-corrected chi connectivity index (χ1v) is 2.43. The molecule has 0 aliphatic carbocycles. The van der Waals surface area contributed by atoms with Crippen molar-refractivity contribution in [3.05, 3.63) is 12.7 Å². The van der Waals surface area contributed by atoms with E-state index in [0.29, 0.717) is 0 Å². The fourth-order valence-corrected chi connectivity index (χ4v) is 0.165. The van der Waals surface area contributed by atoms with Crippen molar-refractivity contribution in [1.29, 1.82) is 0 Å². The SMILES string of the molecule is CC.c1nncnn1. The Balaban J connectivity index is 0.000000222. The maximum atomic E-state index is 3.36. The standard InChI is InChI=1S/C2H2N4.C2H6/c1-3-5-2-6-4-1;1-2/h1-2H;1-2H3. The van der Waals surface area contributed by atoms with Gasteiger partial charge in [-0.1, -0.05) is 13.8 Å². The average molecular weight is 112 g/mol. The van der Waals surface area contributed by atoms with Crippen LogP contribution in [-0.2, 0) is 0 Å². The Morgan fingerprint density at radius 1 is 0.750 bits per heavy atom. The summed E-state index contributed by atoms with van der Waals surface area (Å²) in [6.45, 7) is 4.00. The van der Waals surface area contributed by atoms with Gasteiger partial charge in [0, 0.05) is 0 Å². The summed E-state index contributed by atoms with van der Waals surface area (Å²) in [7, 11) is 0. The molecule has 4 heteroatoms. The summed E-state index contributed by atoms with van der Waals surface area (Å²) in [4.78, 5) is 0. The normalized spacial score (nSPS) is 6.75. The van der Waals surface area contributed by atoms with Crippen LogP contribution >= 0.6 is 0 Å². The summed E-state index contributed by atoms with van der Waals surface area (Å²) >= 11 is 0. The monoisotopic (exact) mass is 112 g/mol. The number of hydrogen-bond donors (Lipinski definition) is 0. The molecule has 0 N–H and O–H groups in total. The Morgan fingerprint density at radius 3 is 1.12 bits per heavy atom. The van der Waals surface area contributed by atoms with Crippen LogP contribution in [0.3, 0.4) is 0 Å². The number of nitrogens with zero attached hydrogens (tertiary/aromatic N) is 4. The molecule has 0 aromatic carbocycles. The second-order valence-corrected chi connectivity index (χ2v) is 0.693. The zero-order chi connectivity index (χ0) is 6.24. The minimum atomic E-state index is 1.28. The van der Waals surface area contributed by atoms with Crippen molar-refractivity contribution in [1.82, 2.24) is 20.4 Å². The van der Waals surface area contributed by atoms with Crippen LogP contribution < -0.4 is 0 Å². The summed E-state index contributed by atoms with van der Waals surface area (Å²) in [6, 6.07) is 0. The second-order valence-electron chi connectivity index (χ2n) is 0.693. The molecule has 4 nitrogen and oxygen atoms in total. The lowest BCUT2D eigenvalue weighted by Gasteiger charge is -1.68. The van der Waals surface area contributed by atoms with Gasteiger partial charge in [-0.25, -0.2) is 0 Å². The van der Waals surface area contributed by atoms with E-state index in [9.17, 15) is 0 Å². The van der Waals surface area contributed by atoms with Crippen molar-refractivity contribution in [2.75, 3.05) is 0 Å². The molecule has 44 valence electrons. The molecule has 0 atom stereocenters. The Bertz CT molecular complexity index is 80.0. The second kappa shape index (κ2) is 5.94. The van der Waals surface area contributed by atoms with Crippen LogP contribution in [0.15, 0.2) is 12.7 Å². The van der Waals surface area contributed by atoms with Crippen molar-refractivity contribution in [3.8, 4) is 0 Å². The van der Waals surface area contributed by atoms with Gasteiger partial charge in [0.1, 0.15) is 0 Å².